The Bertz CT molecular complexity index is 632. The number of carboxylic acids is 2. The van der Waals surface area contributed by atoms with E-state index >= 15 is 0 Å². The van der Waals surface area contributed by atoms with Crippen molar-refractivity contribution in [2.24, 2.45) is 5.92 Å². The van der Waals surface area contributed by atoms with Crippen LogP contribution in [0.5, 0.6) is 0 Å². The normalized spacial score (nSPS) is 14.1. The fourth-order valence-corrected chi connectivity index (χ4v) is 4.88. The predicted octanol–water partition coefficient (Wildman–Crippen LogP) is 5.53. The molecule has 0 aromatic rings. The Labute approximate surface area is 217 Å². The zero-order valence-electron chi connectivity index (χ0n) is 22.3. The fraction of sp³-hybridized carbons (Fsp3) is 0.857. The van der Waals surface area contributed by atoms with Crippen molar-refractivity contribution in [3.63, 3.8) is 0 Å². The molecule has 36 heavy (non-hydrogen) atoms. The van der Waals surface area contributed by atoms with Crippen LogP contribution in [0.3, 0.4) is 0 Å². The van der Waals surface area contributed by atoms with E-state index < -0.39 is 11.9 Å². The maximum absolute atomic E-state index is 12.4. The van der Waals surface area contributed by atoms with Gasteiger partial charge in [-0.2, -0.15) is 0 Å². The van der Waals surface area contributed by atoms with Crippen LogP contribution < -0.4 is 5.32 Å². The van der Waals surface area contributed by atoms with Crippen LogP contribution in [0.1, 0.15) is 128 Å². The lowest BCUT2D eigenvalue weighted by atomic mass is 9.95. The third-order valence-corrected chi connectivity index (χ3v) is 7.16. The Kier molecular flexibility index (Phi) is 18.6. The van der Waals surface area contributed by atoms with Crippen molar-refractivity contribution < 1.29 is 29.4 Å². The van der Waals surface area contributed by atoms with Gasteiger partial charge in [0.25, 0.3) is 0 Å². The van der Waals surface area contributed by atoms with Gasteiger partial charge in [0.1, 0.15) is 6.54 Å². The minimum Gasteiger partial charge on any atom is -0.481 e. The average molecular weight is 511 g/mol. The molecule has 8 nitrogen and oxygen atoms in total. The van der Waals surface area contributed by atoms with Gasteiger partial charge in [-0.05, 0) is 25.7 Å². The summed E-state index contributed by atoms with van der Waals surface area (Å²) in [5.41, 5.74) is 0. The molecular formula is C28H50N2O6. The number of nitrogens with one attached hydrogen (secondary N) is 1. The number of hydrogen-bond donors (Lipinski definition) is 3. The first-order valence-electron chi connectivity index (χ1n) is 14.4. The number of amides is 2. The van der Waals surface area contributed by atoms with E-state index in [0.717, 1.165) is 32.1 Å². The van der Waals surface area contributed by atoms with E-state index in [2.05, 4.69) is 5.32 Å². The van der Waals surface area contributed by atoms with Crippen molar-refractivity contribution in [3.8, 4) is 0 Å². The molecule has 0 bridgehead atoms. The van der Waals surface area contributed by atoms with Crippen LogP contribution in [0.4, 0.5) is 0 Å². The van der Waals surface area contributed by atoms with Gasteiger partial charge < -0.3 is 20.4 Å². The second kappa shape index (κ2) is 21.0. The topological polar surface area (TPSA) is 124 Å². The van der Waals surface area contributed by atoms with Gasteiger partial charge in [0, 0.05) is 31.8 Å². The third kappa shape index (κ3) is 17.3. The zero-order valence-corrected chi connectivity index (χ0v) is 22.3. The highest BCUT2D eigenvalue weighted by atomic mass is 16.4. The summed E-state index contributed by atoms with van der Waals surface area (Å²) in [4.78, 5) is 47.2. The van der Waals surface area contributed by atoms with Crippen molar-refractivity contribution in [2.45, 2.75) is 128 Å². The van der Waals surface area contributed by atoms with Gasteiger partial charge in [-0.1, -0.05) is 89.9 Å². The van der Waals surface area contributed by atoms with Gasteiger partial charge in [-0.25, -0.2) is 0 Å². The quantitative estimate of drug-likeness (QED) is 0.164. The van der Waals surface area contributed by atoms with Gasteiger partial charge in [-0.15, -0.1) is 0 Å². The standard InChI is InChI=1S/C28H50N2O6/c31-25(30-21-19-24(20-22-30)28(36)29-23-27(34)35)17-15-13-11-9-7-5-3-1-2-4-6-8-10-12-14-16-18-26(32)33/h24H,1-23H2,(H,29,36)(H,32,33)(H,34,35). The van der Waals surface area contributed by atoms with Gasteiger partial charge in [0.15, 0.2) is 0 Å². The molecular weight excluding hydrogens is 460 g/mol. The summed E-state index contributed by atoms with van der Waals surface area (Å²) in [6.45, 7) is 0.816. The number of likely N-dealkylation sites (tertiary alicyclic amines) is 1. The summed E-state index contributed by atoms with van der Waals surface area (Å²) in [5.74, 6) is -1.96. The summed E-state index contributed by atoms with van der Waals surface area (Å²) < 4.78 is 0. The van der Waals surface area contributed by atoms with Gasteiger partial charge in [0.05, 0.1) is 0 Å². The summed E-state index contributed by atoms with van der Waals surface area (Å²) in [6.07, 6.45) is 21.3. The zero-order chi connectivity index (χ0) is 26.4. The molecule has 0 spiro atoms. The first-order valence-corrected chi connectivity index (χ1v) is 14.4. The van der Waals surface area contributed by atoms with Crippen molar-refractivity contribution in [1.29, 1.82) is 0 Å². The molecule has 8 heteroatoms. The number of unbranched alkanes of at least 4 members (excludes halogenated alkanes) is 15. The van der Waals surface area contributed by atoms with E-state index in [-0.39, 0.29) is 24.3 Å². The number of rotatable bonds is 22. The van der Waals surface area contributed by atoms with E-state index in [1.807, 2.05) is 4.90 Å². The van der Waals surface area contributed by atoms with E-state index in [1.165, 1.54) is 70.6 Å². The summed E-state index contributed by atoms with van der Waals surface area (Å²) in [5, 5.41) is 19.7. The van der Waals surface area contributed by atoms with Crippen LogP contribution in [-0.2, 0) is 19.2 Å². The van der Waals surface area contributed by atoms with Crippen LogP contribution in [0.2, 0.25) is 0 Å². The minimum atomic E-state index is -1.04. The third-order valence-electron chi connectivity index (χ3n) is 7.16. The molecule has 0 saturated carbocycles. The number of carbonyl (C=O) groups excluding carboxylic acids is 2. The Morgan fingerprint density at radius 3 is 1.36 bits per heavy atom. The maximum atomic E-state index is 12.4. The highest BCUT2D eigenvalue weighted by Gasteiger charge is 2.27. The van der Waals surface area contributed by atoms with Crippen LogP contribution in [0.15, 0.2) is 0 Å². The average Bonchev–Trinajstić information content (AvgIpc) is 2.86. The Balaban J connectivity index is 1.84. The highest BCUT2D eigenvalue weighted by molar-refractivity contribution is 5.83. The second-order valence-electron chi connectivity index (χ2n) is 10.3. The number of piperidine rings is 1. The smallest absolute Gasteiger partial charge is 0.322 e. The molecule has 1 aliphatic heterocycles. The molecule has 3 N–H and O–H groups in total. The monoisotopic (exact) mass is 510 g/mol. The van der Waals surface area contributed by atoms with Crippen LogP contribution in [0.25, 0.3) is 0 Å². The highest BCUT2D eigenvalue weighted by Crippen LogP contribution is 2.19. The van der Waals surface area contributed by atoms with E-state index in [0.29, 0.717) is 38.8 Å². The van der Waals surface area contributed by atoms with Gasteiger partial charge in [-0.3, -0.25) is 19.2 Å². The van der Waals surface area contributed by atoms with Crippen LogP contribution in [-0.4, -0.2) is 58.5 Å². The summed E-state index contributed by atoms with van der Waals surface area (Å²) in [6, 6.07) is 0. The molecule has 1 heterocycles. The number of nitrogens with zero attached hydrogens (tertiary/aromatic N) is 1. The first-order chi connectivity index (χ1) is 17.4. The number of carboxylic acid groups (broad SMARTS) is 2. The van der Waals surface area contributed by atoms with E-state index in [4.69, 9.17) is 10.2 Å². The first kappa shape index (κ1) is 31.9. The molecule has 0 atom stereocenters. The van der Waals surface area contributed by atoms with E-state index in [1.54, 1.807) is 0 Å². The SMILES string of the molecule is O=C(O)CCCCCCCCCCCCCCCCCCC(=O)N1CCC(C(=O)NCC(=O)O)CC1. The number of aliphatic carboxylic acids is 2. The lowest BCUT2D eigenvalue weighted by Crippen LogP contribution is -2.43. The maximum Gasteiger partial charge on any atom is 0.322 e. The molecule has 0 radical (unpaired) electrons. The largest absolute Gasteiger partial charge is 0.481 e. The molecule has 0 aromatic carbocycles. The molecule has 1 aliphatic rings. The van der Waals surface area contributed by atoms with Crippen molar-refractivity contribution in [1.82, 2.24) is 10.2 Å². The van der Waals surface area contributed by atoms with Crippen molar-refractivity contribution >= 4 is 23.8 Å². The minimum absolute atomic E-state index is 0.178. The number of hydrogen-bond acceptors (Lipinski definition) is 4. The molecule has 0 unspecified atom stereocenters. The molecule has 0 aromatic heterocycles. The fourth-order valence-electron chi connectivity index (χ4n) is 4.88. The predicted molar refractivity (Wildman–Crippen MR) is 141 cm³/mol. The van der Waals surface area contributed by atoms with Crippen LogP contribution in [0, 0.1) is 5.92 Å². The van der Waals surface area contributed by atoms with Gasteiger partial charge in [0.2, 0.25) is 11.8 Å². The molecule has 2 amide bonds. The second-order valence-corrected chi connectivity index (χ2v) is 10.3. The van der Waals surface area contributed by atoms with E-state index in [9.17, 15) is 19.2 Å². The Morgan fingerprint density at radius 1 is 0.583 bits per heavy atom. The van der Waals surface area contributed by atoms with Gasteiger partial charge >= 0.3 is 11.9 Å². The van der Waals surface area contributed by atoms with Crippen LogP contribution >= 0.6 is 0 Å². The Morgan fingerprint density at radius 2 is 0.972 bits per heavy atom. The summed E-state index contributed by atoms with van der Waals surface area (Å²) in [7, 11) is 0. The van der Waals surface area contributed by atoms with Crippen molar-refractivity contribution in [2.75, 3.05) is 19.6 Å². The summed E-state index contributed by atoms with van der Waals surface area (Å²) >= 11 is 0. The molecule has 208 valence electrons. The number of carbonyl (C=O) groups is 4. The Hall–Kier alpha value is -2.12. The molecule has 1 fully saturated rings. The molecule has 1 saturated heterocycles. The lowest BCUT2D eigenvalue weighted by Gasteiger charge is -2.31. The van der Waals surface area contributed by atoms with Crippen molar-refractivity contribution in [3.05, 3.63) is 0 Å². The molecule has 0 aliphatic carbocycles. The lowest BCUT2D eigenvalue weighted by molar-refractivity contribution is -0.139. The molecule has 1 rings (SSSR count).